The summed E-state index contributed by atoms with van der Waals surface area (Å²) in [5, 5.41) is 8.53. The lowest BCUT2D eigenvalue weighted by molar-refractivity contribution is 0.435. The van der Waals surface area contributed by atoms with Crippen LogP contribution in [-0.2, 0) is 10.0 Å². The Morgan fingerprint density at radius 1 is 1.59 bits per heavy atom. The lowest BCUT2D eigenvalue weighted by Gasteiger charge is -2.18. The minimum atomic E-state index is -3.47. The molecule has 0 saturated carbocycles. The van der Waals surface area contributed by atoms with Crippen LogP contribution in [0.1, 0.15) is 18.2 Å². The number of thiophene rings is 1. The van der Waals surface area contributed by atoms with Crippen LogP contribution >= 0.6 is 27.3 Å². The van der Waals surface area contributed by atoms with Crippen LogP contribution in [0.25, 0.3) is 0 Å². The summed E-state index contributed by atoms with van der Waals surface area (Å²) in [6, 6.07) is 3.58. The highest BCUT2D eigenvalue weighted by Gasteiger charge is 2.26. The number of hydrogen-bond acceptors (Lipinski definition) is 4. The molecular weight excluding hydrogens is 324 g/mol. The van der Waals surface area contributed by atoms with Gasteiger partial charge in [-0.25, -0.2) is 8.42 Å². The number of nitriles is 1. The fraction of sp³-hybridized carbons (Fsp3) is 0.500. The molecular formula is C10H13BrN2O2S2. The largest absolute Gasteiger partial charge is 0.244 e. The van der Waals surface area contributed by atoms with Crippen molar-refractivity contribution in [2.45, 2.75) is 25.2 Å². The van der Waals surface area contributed by atoms with Crippen molar-refractivity contribution in [2.75, 3.05) is 13.1 Å². The van der Waals surface area contributed by atoms with Crippen LogP contribution in [0.2, 0.25) is 0 Å². The zero-order valence-corrected chi connectivity index (χ0v) is 12.8. The molecule has 0 atom stereocenters. The van der Waals surface area contributed by atoms with E-state index in [1.165, 1.54) is 15.6 Å². The normalized spacial score (nSPS) is 11.7. The number of hydrogen-bond donors (Lipinski definition) is 0. The van der Waals surface area contributed by atoms with E-state index in [2.05, 4.69) is 15.9 Å². The zero-order valence-electron chi connectivity index (χ0n) is 9.60. The van der Waals surface area contributed by atoms with Crippen molar-refractivity contribution in [1.82, 2.24) is 4.31 Å². The van der Waals surface area contributed by atoms with Crippen molar-refractivity contribution < 1.29 is 8.42 Å². The van der Waals surface area contributed by atoms with Gasteiger partial charge in [0.1, 0.15) is 0 Å². The first-order valence-corrected chi connectivity index (χ1v) is 8.11. The average molecular weight is 337 g/mol. The Hall–Kier alpha value is -0.420. The Kier molecular flexibility index (Phi) is 5.13. The maximum atomic E-state index is 12.3. The molecule has 0 unspecified atom stereocenters. The van der Waals surface area contributed by atoms with Crippen LogP contribution in [0.4, 0.5) is 0 Å². The Labute approximate surface area is 114 Å². The van der Waals surface area contributed by atoms with Gasteiger partial charge in [-0.3, -0.25) is 0 Å². The summed E-state index contributed by atoms with van der Waals surface area (Å²) in [4.78, 5) is 1.08. The topological polar surface area (TPSA) is 61.2 Å². The molecule has 1 heterocycles. The summed E-state index contributed by atoms with van der Waals surface area (Å²) in [5.41, 5.74) is 0. The molecule has 1 aromatic rings. The predicted octanol–water partition coefficient (Wildman–Crippen LogP) is 2.74. The van der Waals surface area contributed by atoms with Gasteiger partial charge in [0.25, 0.3) is 0 Å². The van der Waals surface area contributed by atoms with Gasteiger partial charge < -0.3 is 0 Å². The van der Waals surface area contributed by atoms with E-state index in [0.29, 0.717) is 11.4 Å². The third kappa shape index (κ3) is 3.28. The van der Waals surface area contributed by atoms with Crippen LogP contribution in [0, 0.1) is 18.3 Å². The Morgan fingerprint density at radius 2 is 2.24 bits per heavy atom. The molecule has 0 amide bonds. The third-order valence-electron chi connectivity index (χ3n) is 2.29. The van der Waals surface area contributed by atoms with E-state index in [1.807, 2.05) is 6.07 Å². The Morgan fingerprint density at radius 3 is 2.65 bits per heavy atom. The molecule has 1 aromatic heterocycles. The summed E-state index contributed by atoms with van der Waals surface area (Å²) in [7, 11) is -3.47. The van der Waals surface area contributed by atoms with Gasteiger partial charge in [0.05, 0.1) is 14.8 Å². The third-order valence-corrected chi connectivity index (χ3v) is 6.07. The van der Waals surface area contributed by atoms with E-state index in [-0.39, 0.29) is 13.0 Å². The molecule has 0 aromatic carbocycles. The molecule has 0 aliphatic carbocycles. The van der Waals surface area contributed by atoms with Gasteiger partial charge in [-0.2, -0.15) is 9.57 Å². The molecule has 94 valence electrons. The van der Waals surface area contributed by atoms with Crippen LogP contribution in [0.5, 0.6) is 0 Å². The van der Waals surface area contributed by atoms with Gasteiger partial charge in [0.2, 0.25) is 10.0 Å². The first-order valence-electron chi connectivity index (χ1n) is 5.06. The molecule has 0 radical (unpaired) electrons. The number of rotatable bonds is 5. The molecule has 0 bridgehead atoms. The summed E-state index contributed by atoms with van der Waals surface area (Å²) < 4.78 is 26.7. The molecule has 0 spiro atoms. The van der Waals surface area contributed by atoms with E-state index in [1.54, 1.807) is 19.9 Å². The van der Waals surface area contributed by atoms with E-state index < -0.39 is 10.0 Å². The van der Waals surface area contributed by atoms with Crippen LogP contribution < -0.4 is 0 Å². The second kappa shape index (κ2) is 5.96. The summed E-state index contributed by atoms with van der Waals surface area (Å²) >= 11 is 4.68. The highest BCUT2D eigenvalue weighted by Crippen LogP contribution is 2.31. The van der Waals surface area contributed by atoms with Gasteiger partial charge in [0, 0.05) is 24.4 Å². The first-order chi connectivity index (χ1) is 7.93. The predicted molar refractivity (Wildman–Crippen MR) is 71.4 cm³/mol. The van der Waals surface area contributed by atoms with Crippen molar-refractivity contribution in [3.05, 3.63) is 14.7 Å². The number of nitrogens with zero attached hydrogens (tertiary/aromatic N) is 2. The maximum absolute atomic E-state index is 12.3. The number of sulfonamides is 1. The van der Waals surface area contributed by atoms with Crippen LogP contribution in [0.3, 0.4) is 0 Å². The molecule has 7 heteroatoms. The fourth-order valence-corrected chi connectivity index (χ4v) is 5.28. The van der Waals surface area contributed by atoms with Crippen molar-refractivity contribution in [2.24, 2.45) is 0 Å². The highest BCUT2D eigenvalue weighted by atomic mass is 79.9. The molecule has 4 nitrogen and oxygen atoms in total. The zero-order chi connectivity index (χ0) is 13.1. The quantitative estimate of drug-likeness (QED) is 0.830. The van der Waals surface area contributed by atoms with E-state index >= 15 is 0 Å². The van der Waals surface area contributed by atoms with Crippen molar-refractivity contribution in [3.8, 4) is 6.07 Å². The van der Waals surface area contributed by atoms with Gasteiger partial charge in [0.15, 0.2) is 0 Å². The SMILES string of the molecule is CCN(CCC#N)S(=O)(=O)c1cc(Br)sc1C. The van der Waals surface area contributed by atoms with Crippen LogP contribution in [0.15, 0.2) is 14.7 Å². The first kappa shape index (κ1) is 14.6. The average Bonchev–Trinajstić information content (AvgIpc) is 2.59. The standard InChI is InChI=1S/C10H13BrN2O2S2/c1-3-13(6-4-5-12)17(14,15)9-7-10(11)16-8(9)2/h7H,3-4,6H2,1-2H3. The fourth-order valence-electron chi connectivity index (χ4n) is 1.45. The molecule has 17 heavy (non-hydrogen) atoms. The van der Waals surface area contributed by atoms with Crippen molar-refractivity contribution >= 4 is 37.3 Å². The molecule has 0 fully saturated rings. The van der Waals surface area contributed by atoms with Gasteiger partial charge in [-0.05, 0) is 28.9 Å². The van der Waals surface area contributed by atoms with Gasteiger partial charge in [-0.1, -0.05) is 6.92 Å². The molecule has 0 saturated heterocycles. The van der Waals surface area contributed by atoms with Crippen LogP contribution in [-0.4, -0.2) is 25.8 Å². The lowest BCUT2D eigenvalue weighted by Crippen LogP contribution is -2.31. The smallest absolute Gasteiger partial charge is 0.207 e. The van der Waals surface area contributed by atoms with Crippen molar-refractivity contribution in [1.29, 1.82) is 5.26 Å². The molecule has 0 aliphatic rings. The second-order valence-corrected chi connectivity index (χ2v) is 7.92. The van der Waals surface area contributed by atoms with Gasteiger partial charge >= 0.3 is 0 Å². The van der Waals surface area contributed by atoms with E-state index in [0.717, 1.165) is 8.66 Å². The number of halogens is 1. The van der Waals surface area contributed by atoms with E-state index in [9.17, 15) is 8.42 Å². The molecule has 0 N–H and O–H groups in total. The summed E-state index contributed by atoms with van der Waals surface area (Å²) in [6.45, 7) is 4.16. The molecule has 1 rings (SSSR count). The molecule has 0 aliphatic heterocycles. The maximum Gasteiger partial charge on any atom is 0.244 e. The monoisotopic (exact) mass is 336 g/mol. The minimum absolute atomic E-state index is 0.206. The lowest BCUT2D eigenvalue weighted by atomic mass is 10.5. The summed E-state index contributed by atoms with van der Waals surface area (Å²) in [5.74, 6) is 0. The van der Waals surface area contributed by atoms with Gasteiger partial charge in [-0.15, -0.1) is 11.3 Å². The Bertz CT molecular complexity index is 531. The van der Waals surface area contributed by atoms with E-state index in [4.69, 9.17) is 5.26 Å². The number of aryl methyl sites for hydroxylation is 1. The summed E-state index contributed by atoms with van der Waals surface area (Å²) in [6.07, 6.45) is 0.206. The highest BCUT2D eigenvalue weighted by molar-refractivity contribution is 9.11. The Balaban J connectivity index is 3.09. The second-order valence-electron chi connectivity index (χ2n) is 3.38. The minimum Gasteiger partial charge on any atom is -0.207 e. The van der Waals surface area contributed by atoms with Crippen molar-refractivity contribution in [3.63, 3.8) is 0 Å².